The minimum atomic E-state index is -0.754. The molecule has 0 aliphatic carbocycles. The van der Waals surface area contributed by atoms with Crippen LogP contribution in [0.2, 0.25) is 0 Å². The van der Waals surface area contributed by atoms with Gasteiger partial charge in [-0.3, -0.25) is 4.79 Å². The Hall–Kier alpha value is -0.490. The van der Waals surface area contributed by atoms with Crippen molar-refractivity contribution in [3.8, 4) is 0 Å². The third-order valence-corrected chi connectivity index (χ3v) is 3.19. The molecule has 0 unspecified atom stereocenters. The van der Waals surface area contributed by atoms with E-state index in [4.69, 9.17) is 18.9 Å². The van der Waals surface area contributed by atoms with E-state index >= 15 is 0 Å². The van der Waals surface area contributed by atoms with Crippen molar-refractivity contribution in [3.05, 3.63) is 0 Å². The highest BCUT2D eigenvalue weighted by Gasteiger charge is 2.51. The molecule has 0 aromatic carbocycles. The van der Waals surface area contributed by atoms with Gasteiger partial charge in [-0.05, 0) is 27.7 Å². The van der Waals surface area contributed by atoms with Gasteiger partial charge in [-0.15, -0.1) is 0 Å². The van der Waals surface area contributed by atoms with E-state index in [0.717, 1.165) is 0 Å². The van der Waals surface area contributed by atoms with E-state index in [9.17, 15) is 4.79 Å². The molecule has 2 heterocycles. The predicted molar refractivity (Wildman–Crippen MR) is 64.0 cm³/mol. The zero-order valence-electron chi connectivity index (χ0n) is 11.7. The number of hydrogen-bond acceptors (Lipinski definition) is 5. The fourth-order valence-electron chi connectivity index (χ4n) is 2.39. The largest absolute Gasteiger partial charge is 0.348 e. The van der Waals surface area contributed by atoms with E-state index in [1.54, 1.807) is 0 Å². The van der Waals surface area contributed by atoms with Gasteiger partial charge in [0.15, 0.2) is 17.4 Å². The number of ether oxygens (including phenoxy) is 4. The third kappa shape index (κ3) is 2.74. The summed E-state index contributed by atoms with van der Waals surface area (Å²) in [6.45, 7) is 9.57. The highest BCUT2D eigenvalue weighted by atomic mass is 16.8. The summed E-state index contributed by atoms with van der Waals surface area (Å²) in [6, 6.07) is 0. The molecule has 2 fully saturated rings. The van der Waals surface area contributed by atoms with Crippen LogP contribution in [0, 0.1) is 0 Å². The van der Waals surface area contributed by atoms with Gasteiger partial charge in [-0.1, -0.05) is 6.92 Å². The van der Waals surface area contributed by atoms with Crippen LogP contribution in [0.3, 0.4) is 0 Å². The summed E-state index contributed by atoms with van der Waals surface area (Å²) >= 11 is 0. The van der Waals surface area contributed by atoms with Gasteiger partial charge in [-0.2, -0.15) is 0 Å². The number of ketones is 1. The second-order valence-corrected chi connectivity index (χ2v) is 5.71. The summed E-state index contributed by atoms with van der Waals surface area (Å²) in [6.07, 6.45) is -0.790. The van der Waals surface area contributed by atoms with Crippen molar-refractivity contribution in [2.75, 3.05) is 6.61 Å². The molecule has 0 aromatic rings. The van der Waals surface area contributed by atoms with E-state index in [1.807, 2.05) is 34.6 Å². The quantitative estimate of drug-likeness (QED) is 0.770. The summed E-state index contributed by atoms with van der Waals surface area (Å²) in [5.41, 5.74) is 0. The van der Waals surface area contributed by atoms with Crippen LogP contribution >= 0.6 is 0 Å². The molecule has 2 rings (SSSR count). The molecule has 0 aromatic heterocycles. The highest BCUT2D eigenvalue weighted by molar-refractivity contribution is 5.83. The molecule has 0 amide bonds. The van der Waals surface area contributed by atoms with Crippen molar-refractivity contribution in [2.24, 2.45) is 0 Å². The fourth-order valence-corrected chi connectivity index (χ4v) is 2.39. The molecule has 2 saturated heterocycles. The molecule has 2 aliphatic rings. The molecule has 104 valence electrons. The zero-order chi connectivity index (χ0) is 13.6. The highest BCUT2D eigenvalue weighted by Crippen LogP contribution is 2.36. The summed E-state index contributed by atoms with van der Waals surface area (Å²) in [4.78, 5) is 11.9. The van der Waals surface area contributed by atoms with Gasteiger partial charge in [0.05, 0.1) is 6.61 Å². The normalized spacial score (nSPS) is 37.9. The molecule has 5 heteroatoms. The van der Waals surface area contributed by atoms with Crippen molar-refractivity contribution in [1.82, 2.24) is 0 Å². The zero-order valence-corrected chi connectivity index (χ0v) is 11.7. The predicted octanol–water partition coefficient (Wildman–Crippen LogP) is 1.64. The Morgan fingerprint density at radius 1 is 1.11 bits per heavy atom. The van der Waals surface area contributed by atoms with Crippen LogP contribution < -0.4 is 0 Å². The van der Waals surface area contributed by atoms with Gasteiger partial charge in [-0.25, -0.2) is 0 Å². The second kappa shape index (κ2) is 4.56. The molecule has 0 N–H and O–H groups in total. The summed E-state index contributed by atoms with van der Waals surface area (Å²) in [5, 5.41) is 0. The Kier molecular flexibility index (Phi) is 3.53. The monoisotopic (exact) mass is 258 g/mol. The first kappa shape index (κ1) is 13.9. The molecular weight excluding hydrogens is 236 g/mol. The Bertz CT molecular complexity index is 336. The molecule has 2 aliphatic heterocycles. The maximum absolute atomic E-state index is 11.9. The van der Waals surface area contributed by atoms with E-state index < -0.39 is 23.8 Å². The topological polar surface area (TPSA) is 54.0 Å². The summed E-state index contributed by atoms with van der Waals surface area (Å²) < 4.78 is 22.8. The maximum Gasteiger partial charge on any atom is 0.164 e. The Balaban J connectivity index is 2.12. The van der Waals surface area contributed by atoms with Crippen molar-refractivity contribution in [3.63, 3.8) is 0 Å². The van der Waals surface area contributed by atoms with E-state index in [2.05, 4.69) is 0 Å². The molecule has 5 nitrogen and oxygen atoms in total. The number of carbonyl (C=O) groups is 1. The van der Waals surface area contributed by atoms with Gasteiger partial charge in [0.1, 0.15) is 18.3 Å². The van der Waals surface area contributed by atoms with Gasteiger partial charge in [0, 0.05) is 6.42 Å². The number of hydrogen-bond donors (Lipinski definition) is 0. The lowest BCUT2D eigenvalue weighted by atomic mass is 10.0. The molecule has 0 spiro atoms. The van der Waals surface area contributed by atoms with Crippen molar-refractivity contribution in [2.45, 2.75) is 70.9 Å². The van der Waals surface area contributed by atoms with Gasteiger partial charge in [0.2, 0.25) is 0 Å². The first-order valence-electron chi connectivity index (χ1n) is 6.44. The van der Waals surface area contributed by atoms with E-state index in [-0.39, 0.29) is 11.9 Å². The van der Waals surface area contributed by atoms with Crippen LogP contribution in [-0.4, -0.2) is 42.3 Å². The molecule has 0 radical (unpaired) electrons. The minimum Gasteiger partial charge on any atom is -0.348 e. The lowest BCUT2D eigenvalue weighted by molar-refractivity contribution is -0.175. The van der Waals surface area contributed by atoms with Gasteiger partial charge < -0.3 is 18.9 Å². The van der Waals surface area contributed by atoms with Gasteiger partial charge in [0.25, 0.3) is 0 Å². The lowest BCUT2D eigenvalue weighted by Crippen LogP contribution is -2.41. The van der Waals surface area contributed by atoms with Crippen LogP contribution in [0.5, 0.6) is 0 Å². The number of carbonyl (C=O) groups excluding carboxylic acids is 1. The van der Waals surface area contributed by atoms with Crippen LogP contribution in [0.4, 0.5) is 0 Å². The van der Waals surface area contributed by atoms with E-state index in [0.29, 0.717) is 13.0 Å². The van der Waals surface area contributed by atoms with Crippen LogP contribution in [0.25, 0.3) is 0 Å². The Morgan fingerprint density at radius 3 is 2.28 bits per heavy atom. The second-order valence-electron chi connectivity index (χ2n) is 5.71. The van der Waals surface area contributed by atoms with Gasteiger partial charge >= 0.3 is 0 Å². The molecule has 0 saturated carbocycles. The summed E-state index contributed by atoms with van der Waals surface area (Å²) in [5.74, 6) is -1.34. The average Bonchev–Trinajstić information content (AvgIpc) is 2.77. The summed E-state index contributed by atoms with van der Waals surface area (Å²) in [7, 11) is 0. The van der Waals surface area contributed by atoms with E-state index in [1.165, 1.54) is 0 Å². The van der Waals surface area contributed by atoms with Crippen molar-refractivity contribution < 1.29 is 23.7 Å². The smallest absolute Gasteiger partial charge is 0.164 e. The standard InChI is InChI=1S/C13H22O5/c1-6-8(14)10-11(18-13(4,5)17-10)9-7-15-12(2,3)16-9/h9-11H,6-7H2,1-5H3/t9-,10-,11-/m0/s1. The average molecular weight is 258 g/mol. The number of Topliss-reactive ketones (excluding diaryl/α,β-unsaturated/α-hetero) is 1. The molecule has 0 bridgehead atoms. The maximum atomic E-state index is 11.9. The first-order valence-corrected chi connectivity index (χ1v) is 6.44. The third-order valence-electron chi connectivity index (χ3n) is 3.19. The minimum absolute atomic E-state index is 0.0406. The Morgan fingerprint density at radius 2 is 1.78 bits per heavy atom. The van der Waals surface area contributed by atoms with Crippen LogP contribution in [0.1, 0.15) is 41.0 Å². The number of rotatable bonds is 3. The fraction of sp³-hybridized carbons (Fsp3) is 0.923. The molecular formula is C13H22O5. The lowest BCUT2D eigenvalue weighted by Gasteiger charge is -2.23. The van der Waals surface area contributed by atoms with Crippen molar-refractivity contribution in [1.29, 1.82) is 0 Å². The molecule has 3 atom stereocenters. The Labute approximate surface area is 108 Å². The van der Waals surface area contributed by atoms with Crippen molar-refractivity contribution >= 4 is 5.78 Å². The first-order chi connectivity index (χ1) is 8.24. The van der Waals surface area contributed by atoms with Crippen LogP contribution in [-0.2, 0) is 23.7 Å². The van der Waals surface area contributed by atoms with Crippen LogP contribution in [0.15, 0.2) is 0 Å². The molecule has 18 heavy (non-hydrogen) atoms. The SMILES string of the molecule is CCC(=O)[C@@H]1OC(C)(C)O[C@H]1[C@@H]1COC(C)(C)O1.